The zero-order chi connectivity index (χ0) is 14.0. The third-order valence-corrected chi connectivity index (χ3v) is 2.48. The Kier molecular flexibility index (Phi) is 3.37. The van der Waals surface area contributed by atoms with Gasteiger partial charge in [-0.3, -0.25) is 14.2 Å². The van der Waals surface area contributed by atoms with Crippen molar-refractivity contribution >= 4 is 5.91 Å². The summed E-state index contributed by atoms with van der Waals surface area (Å²) in [5.74, 6) is -2.07. The maximum absolute atomic E-state index is 13.4. The van der Waals surface area contributed by atoms with Crippen LogP contribution in [0, 0.1) is 11.6 Å². The minimum atomic E-state index is -0.832. The lowest BCUT2D eigenvalue weighted by Crippen LogP contribution is -2.25. The molecule has 1 heterocycles. The molecule has 0 aliphatic heterocycles. The molecule has 0 fully saturated rings. The molecule has 0 saturated heterocycles. The number of carbonyl (C=O) groups excluding carboxylic acids is 1. The topological polar surface area (TPSA) is 78.0 Å². The number of benzene rings is 1. The minimum absolute atomic E-state index is 0.00993. The molecule has 2 aromatic rings. The molecule has 0 aliphatic carbocycles. The average Bonchev–Trinajstić information content (AvgIpc) is 2.36. The minimum Gasteiger partial charge on any atom is -0.364 e. The molecule has 19 heavy (non-hydrogen) atoms. The Balaban J connectivity index is 2.36. The lowest BCUT2D eigenvalue weighted by molar-refractivity contribution is 0.0995. The van der Waals surface area contributed by atoms with Gasteiger partial charge in [-0.2, -0.15) is 0 Å². The van der Waals surface area contributed by atoms with Gasteiger partial charge in [0.25, 0.3) is 11.5 Å². The number of aromatic nitrogens is 2. The Hall–Kier alpha value is -2.57. The van der Waals surface area contributed by atoms with Crippen LogP contribution >= 0.6 is 0 Å². The molecule has 7 heteroatoms. The second-order valence-electron chi connectivity index (χ2n) is 3.84. The van der Waals surface area contributed by atoms with Crippen molar-refractivity contribution < 1.29 is 13.6 Å². The molecule has 5 nitrogen and oxygen atoms in total. The fourth-order valence-electron chi connectivity index (χ4n) is 1.53. The number of hydrogen-bond acceptors (Lipinski definition) is 3. The van der Waals surface area contributed by atoms with Gasteiger partial charge in [0.2, 0.25) is 0 Å². The normalized spacial score (nSPS) is 10.4. The molecule has 0 atom stereocenters. The highest BCUT2D eigenvalue weighted by molar-refractivity contribution is 5.90. The van der Waals surface area contributed by atoms with E-state index in [1.807, 2.05) is 0 Å². The van der Waals surface area contributed by atoms with Crippen LogP contribution < -0.4 is 11.3 Å². The van der Waals surface area contributed by atoms with Crippen LogP contribution in [0.25, 0.3) is 0 Å². The van der Waals surface area contributed by atoms with E-state index in [0.29, 0.717) is 0 Å². The summed E-state index contributed by atoms with van der Waals surface area (Å²) in [6, 6.07) is 3.89. The van der Waals surface area contributed by atoms with Crippen molar-refractivity contribution in [1.82, 2.24) is 9.55 Å². The van der Waals surface area contributed by atoms with Gasteiger partial charge in [0.15, 0.2) is 0 Å². The van der Waals surface area contributed by atoms with Crippen LogP contribution in [-0.2, 0) is 6.54 Å². The first-order chi connectivity index (χ1) is 8.97. The smallest absolute Gasteiger partial charge is 0.267 e. The Morgan fingerprint density at radius 1 is 1.32 bits per heavy atom. The first-order valence-corrected chi connectivity index (χ1v) is 5.27. The van der Waals surface area contributed by atoms with Crippen molar-refractivity contribution in [3.63, 3.8) is 0 Å². The molecule has 1 amide bonds. The average molecular weight is 265 g/mol. The van der Waals surface area contributed by atoms with Crippen LogP contribution in [0.5, 0.6) is 0 Å². The number of rotatable bonds is 3. The van der Waals surface area contributed by atoms with Crippen molar-refractivity contribution in [2.75, 3.05) is 0 Å². The van der Waals surface area contributed by atoms with Gasteiger partial charge < -0.3 is 5.73 Å². The van der Waals surface area contributed by atoms with E-state index in [2.05, 4.69) is 4.98 Å². The number of nitrogens with zero attached hydrogens (tertiary/aromatic N) is 2. The van der Waals surface area contributed by atoms with Gasteiger partial charge in [0, 0.05) is 11.6 Å². The summed E-state index contributed by atoms with van der Waals surface area (Å²) in [5, 5.41) is 0. The largest absolute Gasteiger partial charge is 0.364 e. The number of nitrogens with two attached hydrogens (primary N) is 1. The Bertz CT molecular complexity index is 698. The monoisotopic (exact) mass is 265 g/mol. The van der Waals surface area contributed by atoms with Gasteiger partial charge in [0.05, 0.1) is 12.9 Å². The van der Waals surface area contributed by atoms with Gasteiger partial charge in [-0.15, -0.1) is 0 Å². The molecule has 98 valence electrons. The summed E-state index contributed by atoms with van der Waals surface area (Å²) < 4.78 is 27.5. The summed E-state index contributed by atoms with van der Waals surface area (Å²) in [6.07, 6.45) is 1.06. The van der Waals surface area contributed by atoms with Crippen molar-refractivity contribution in [2.24, 2.45) is 5.73 Å². The first kappa shape index (κ1) is 12.9. The van der Waals surface area contributed by atoms with Crippen LogP contribution in [0.3, 0.4) is 0 Å². The van der Waals surface area contributed by atoms with Crippen LogP contribution in [0.15, 0.2) is 35.4 Å². The molecule has 0 aliphatic rings. The molecule has 1 aromatic heterocycles. The molecule has 1 aromatic carbocycles. The third kappa shape index (κ3) is 2.82. The number of carbonyl (C=O) groups is 1. The second kappa shape index (κ2) is 4.97. The molecule has 2 N–H and O–H groups in total. The van der Waals surface area contributed by atoms with E-state index in [1.54, 1.807) is 0 Å². The van der Waals surface area contributed by atoms with Crippen molar-refractivity contribution in [1.29, 1.82) is 0 Å². The zero-order valence-corrected chi connectivity index (χ0v) is 9.64. The van der Waals surface area contributed by atoms with E-state index in [4.69, 9.17) is 5.73 Å². The lowest BCUT2D eigenvalue weighted by Gasteiger charge is -2.06. The summed E-state index contributed by atoms with van der Waals surface area (Å²) in [7, 11) is 0. The summed E-state index contributed by atoms with van der Waals surface area (Å²) >= 11 is 0. The SMILES string of the molecule is NC(=O)c1cc(=O)n(Cc2cc(F)ccc2F)cn1. The van der Waals surface area contributed by atoms with Crippen molar-refractivity contribution in [3.05, 3.63) is 63.8 Å². The molecule has 0 spiro atoms. The molecule has 0 unspecified atom stereocenters. The fraction of sp³-hybridized carbons (Fsp3) is 0.0833. The van der Waals surface area contributed by atoms with Gasteiger partial charge in [0.1, 0.15) is 17.3 Å². The molecule has 0 radical (unpaired) electrons. The third-order valence-electron chi connectivity index (χ3n) is 2.48. The van der Waals surface area contributed by atoms with Crippen LogP contribution in [-0.4, -0.2) is 15.5 Å². The highest BCUT2D eigenvalue weighted by atomic mass is 19.1. The zero-order valence-electron chi connectivity index (χ0n) is 9.64. The maximum atomic E-state index is 13.4. The van der Waals surface area contributed by atoms with Crippen LogP contribution in [0.1, 0.15) is 16.1 Å². The van der Waals surface area contributed by atoms with Gasteiger partial charge in [-0.05, 0) is 18.2 Å². The number of primary amides is 1. The second-order valence-corrected chi connectivity index (χ2v) is 3.84. The van der Waals surface area contributed by atoms with Crippen molar-refractivity contribution in [3.8, 4) is 0 Å². The standard InChI is InChI=1S/C12H9F2N3O2/c13-8-1-2-9(14)7(3-8)5-17-6-16-10(12(15)19)4-11(17)18/h1-4,6H,5H2,(H2,15,19). The quantitative estimate of drug-likeness (QED) is 0.885. The van der Waals surface area contributed by atoms with E-state index in [1.165, 1.54) is 0 Å². The van der Waals surface area contributed by atoms with Gasteiger partial charge >= 0.3 is 0 Å². The summed E-state index contributed by atoms with van der Waals surface area (Å²) in [5.41, 5.74) is 4.22. The summed E-state index contributed by atoms with van der Waals surface area (Å²) in [6.45, 7) is -0.186. The van der Waals surface area contributed by atoms with Gasteiger partial charge in [-0.25, -0.2) is 13.8 Å². The maximum Gasteiger partial charge on any atom is 0.267 e. The van der Waals surface area contributed by atoms with E-state index in [9.17, 15) is 18.4 Å². The van der Waals surface area contributed by atoms with E-state index < -0.39 is 23.1 Å². The van der Waals surface area contributed by atoms with Gasteiger partial charge in [-0.1, -0.05) is 0 Å². The Morgan fingerprint density at radius 2 is 2.05 bits per heavy atom. The number of amides is 1. The molecule has 0 saturated carbocycles. The van der Waals surface area contributed by atoms with Crippen LogP contribution in [0.4, 0.5) is 8.78 Å². The molecular formula is C12H9F2N3O2. The highest BCUT2D eigenvalue weighted by Crippen LogP contribution is 2.10. The van der Waals surface area contributed by atoms with E-state index >= 15 is 0 Å². The number of halogens is 2. The Morgan fingerprint density at radius 3 is 2.68 bits per heavy atom. The number of hydrogen-bond donors (Lipinski definition) is 1. The summed E-state index contributed by atoms with van der Waals surface area (Å²) in [4.78, 5) is 26.1. The predicted octanol–water partition coefficient (Wildman–Crippen LogP) is 0.669. The van der Waals surface area contributed by atoms with E-state index in [-0.39, 0.29) is 17.8 Å². The Labute approximate surface area is 106 Å². The fourth-order valence-corrected chi connectivity index (χ4v) is 1.53. The molecule has 2 rings (SSSR count). The lowest BCUT2D eigenvalue weighted by atomic mass is 10.2. The predicted molar refractivity (Wildman–Crippen MR) is 62.5 cm³/mol. The highest BCUT2D eigenvalue weighted by Gasteiger charge is 2.08. The van der Waals surface area contributed by atoms with Crippen LogP contribution in [0.2, 0.25) is 0 Å². The molecular weight excluding hydrogens is 256 g/mol. The first-order valence-electron chi connectivity index (χ1n) is 5.27. The molecule has 0 bridgehead atoms. The van der Waals surface area contributed by atoms with E-state index in [0.717, 1.165) is 35.2 Å². The van der Waals surface area contributed by atoms with Crippen molar-refractivity contribution in [2.45, 2.75) is 6.54 Å².